The van der Waals surface area contributed by atoms with Crippen LogP contribution < -0.4 is 5.32 Å². The van der Waals surface area contributed by atoms with Gasteiger partial charge in [0.05, 0.1) is 0 Å². The van der Waals surface area contributed by atoms with E-state index in [1.165, 1.54) is 22.8 Å². The zero-order valence-electron chi connectivity index (χ0n) is 9.66. The summed E-state index contributed by atoms with van der Waals surface area (Å²) in [7, 11) is 0. The Balaban J connectivity index is 2.11. The molecule has 16 heavy (non-hydrogen) atoms. The maximum Gasteiger partial charge on any atom is 0.00618 e. The molecule has 1 aliphatic heterocycles. The highest BCUT2D eigenvalue weighted by Gasteiger charge is 2.30. The molecule has 0 spiro atoms. The fourth-order valence-electron chi connectivity index (χ4n) is 2.63. The summed E-state index contributed by atoms with van der Waals surface area (Å²) < 4.78 is 0. The first kappa shape index (κ1) is 9.86. The van der Waals surface area contributed by atoms with E-state index in [9.17, 15) is 0 Å². The number of fused-ring (bicyclic) bond motifs is 1. The van der Waals surface area contributed by atoms with Gasteiger partial charge in [-0.15, -0.1) is 0 Å². The van der Waals surface area contributed by atoms with Crippen molar-refractivity contribution in [1.29, 1.82) is 0 Å². The van der Waals surface area contributed by atoms with E-state index in [2.05, 4.69) is 54.7 Å². The Kier molecular flexibility index (Phi) is 2.22. The van der Waals surface area contributed by atoms with Crippen LogP contribution in [0.4, 0.5) is 0 Å². The van der Waals surface area contributed by atoms with Crippen LogP contribution in [-0.4, -0.2) is 13.1 Å². The van der Waals surface area contributed by atoms with E-state index < -0.39 is 0 Å². The number of nitrogens with one attached hydrogen (secondary N) is 1. The molecule has 1 nitrogen and oxygen atoms in total. The first-order valence-electron chi connectivity index (χ1n) is 5.98. The van der Waals surface area contributed by atoms with Gasteiger partial charge in [-0.05, 0) is 29.3 Å². The Labute approximate surface area is 96.5 Å². The van der Waals surface area contributed by atoms with Gasteiger partial charge in [-0.2, -0.15) is 0 Å². The molecular formula is C15H17N. The molecule has 0 unspecified atom stereocenters. The van der Waals surface area contributed by atoms with Crippen molar-refractivity contribution in [1.82, 2.24) is 5.32 Å². The van der Waals surface area contributed by atoms with Crippen molar-refractivity contribution in [3.8, 4) is 0 Å². The first-order chi connectivity index (χ1) is 7.78. The minimum absolute atomic E-state index is 0.323. The third-order valence-electron chi connectivity index (χ3n) is 3.82. The lowest BCUT2D eigenvalue weighted by Gasteiger charge is -2.23. The van der Waals surface area contributed by atoms with Gasteiger partial charge in [-0.3, -0.25) is 0 Å². The fraction of sp³-hybridized carbons (Fsp3) is 0.333. The molecule has 0 radical (unpaired) electrons. The van der Waals surface area contributed by atoms with Crippen LogP contribution in [0.5, 0.6) is 0 Å². The zero-order chi connectivity index (χ0) is 11.0. The van der Waals surface area contributed by atoms with Crippen LogP contribution in [0.25, 0.3) is 10.8 Å². The van der Waals surface area contributed by atoms with Gasteiger partial charge >= 0.3 is 0 Å². The molecule has 3 rings (SSSR count). The minimum atomic E-state index is 0.323. The Morgan fingerprint density at radius 2 is 1.88 bits per heavy atom. The van der Waals surface area contributed by atoms with Crippen LogP contribution in [0.15, 0.2) is 42.5 Å². The molecule has 1 saturated heterocycles. The van der Waals surface area contributed by atoms with Crippen molar-refractivity contribution in [2.24, 2.45) is 0 Å². The third kappa shape index (κ3) is 1.52. The molecule has 0 aliphatic carbocycles. The largest absolute Gasteiger partial charge is 0.316 e. The average Bonchev–Trinajstić information content (AvgIpc) is 2.77. The monoisotopic (exact) mass is 211 g/mol. The molecule has 1 atom stereocenters. The zero-order valence-corrected chi connectivity index (χ0v) is 9.66. The van der Waals surface area contributed by atoms with Crippen molar-refractivity contribution in [3.05, 3.63) is 48.0 Å². The smallest absolute Gasteiger partial charge is 0.00618 e. The highest BCUT2D eigenvalue weighted by Crippen LogP contribution is 2.31. The van der Waals surface area contributed by atoms with Crippen LogP contribution in [0, 0.1) is 0 Å². The Bertz CT molecular complexity index is 510. The average molecular weight is 211 g/mol. The normalized spacial score (nSPS) is 25.1. The summed E-state index contributed by atoms with van der Waals surface area (Å²) in [6, 6.07) is 15.5. The van der Waals surface area contributed by atoms with E-state index >= 15 is 0 Å². The highest BCUT2D eigenvalue weighted by atomic mass is 14.9. The molecule has 1 N–H and O–H groups in total. The lowest BCUT2D eigenvalue weighted by Crippen LogP contribution is -2.24. The fourth-order valence-corrected chi connectivity index (χ4v) is 2.63. The Morgan fingerprint density at radius 1 is 1.06 bits per heavy atom. The quantitative estimate of drug-likeness (QED) is 0.764. The number of rotatable bonds is 1. The standard InChI is InChI=1S/C15H17N/c1-15(8-9-16-11-15)14-7-6-12-4-2-3-5-13(12)10-14/h2-7,10,16H,8-9,11H2,1H3/t15-/m1/s1. The van der Waals surface area contributed by atoms with E-state index in [1.807, 2.05) is 0 Å². The van der Waals surface area contributed by atoms with Crippen molar-refractivity contribution >= 4 is 10.8 Å². The lowest BCUT2D eigenvalue weighted by molar-refractivity contribution is 0.526. The van der Waals surface area contributed by atoms with Gasteiger partial charge in [-0.1, -0.05) is 49.4 Å². The second-order valence-electron chi connectivity index (χ2n) is 5.05. The molecule has 1 aliphatic rings. The Hall–Kier alpha value is -1.34. The van der Waals surface area contributed by atoms with Crippen LogP contribution >= 0.6 is 0 Å². The van der Waals surface area contributed by atoms with Gasteiger partial charge in [0.2, 0.25) is 0 Å². The van der Waals surface area contributed by atoms with Gasteiger partial charge in [0.25, 0.3) is 0 Å². The van der Waals surface area contributed by atoms with Gasteiger partial charge in [-0.25, -0.2) is 0 Å². The summed E-state index contributed by atoms with van der Waals surface area (Å²) in [5.41, 5.74) is 1.79. The molecular weight excluding hydrogens is 194 g/mol. The van der Waals surface area contributed by atoms with Crippen molar-refractivity contribution < 1.29 is 0 Å². The minimum Gasteiger partial charge on any atom is -0.316 e. The highest BCUT2D eigenvalue weighted by molar-refractivity contribution is 5.83. The van der Waals surface area contributed by atoms with Gasteiger partial charge in [0.15, 0.2) is 0 Å². The summed E-state index contributed by atoms with van der Waals surface area (Å²) in [4.78, 5) is 0. The lowest BCUT2D eigenvalue weighted by atomic mass is 9.81. The maximum atomic E-state index is 3.46. The predicted octanol–water partition coefficient (Wildman–Crippen LogP) is 3.09. The van der Waals surface area contributed by atoms with Crippen LogP contribution in [0.1, 0.15) is 18.9 Å². The van der Waals surface area contributed by atoms with Gasteiger partial charge in [0, 0.05) is 12.0 Å². The van der Waals surface area contributed by atoms with Crippen LogP contribution in [-0.2, 0) is 5.41 Å². The molecule has 2 aromatic rings. The second-order valence-corrected chi connectivity index (χ2v) is 5.05. The van der Waals surface area contributed by atoms with Crippen LogP contribution in [0.3, 0.4) is 0 Å². The van der Waals surface area contributed by atoms with E-state index in [0.29, 0.717) is 5.41 Å². The molecule has 0 saturated carbocycles. The predicted molar refractivity (Wildman–Crippen MR) is 68.8 cm³/mol. The SMILES string of the molecule is C[C@@]1(c2ccc3ccccc3c2)CCNC1. The number of hydrogen-bond acceptors (Lipinski definition) is 1. The summed E-state index contributed by atoms with van der Waals surface area (Å²) in [6.45, 7) is 4.60. The molecule has 0 amide bonds. The summed E-state index contributed by atoms with van der Waals surface area (Å²) in [6.07, 6.45) is 1.24. The van der Waals surface area contributed by atoms with E-state index in [4.69, 9.17) is 0 Å². The topological polar surface area (TPSA) is 12.0 Å². The maximum absolute atomic E-state index is 3.46. The van der Waals surface area contributed by atoms with Crippen molar-refractivity contribution in [3.63, 3.8) is 0 Å². The van der Waals surface area contributed by atoms with Crippen molar-refractivity contribution in [2.75, 3.05) is 13.1 Å². The van der Waals surface area contributed by atoms with E-state index in [-0.39, 0.29) is 0 Å². The van der Waals surface area contributed by atoms with Crippen LogP contribution in [0.2, 0.25) is 0 Å². The van der Waals surface area contributed by atoms with Crippen molar-refractivity contribution in [2.45, 2.75) is 18.8 Å². The first-order valence-corrected chi connectivity index (χ1v) is 5.98. The van der Waals surface area contributed by atoms with Gasteiger partial charge in [0.1, 0.15) is 0 Å². The molecule has 82 valence electrons. The third-order valence-corrected chi connectivity index (χ3v) is 3.82. The molecule has 0 bridgehead atoms. The van der Waals surface area contributed by atoms with E-state index in [0.717, 1.165) is 13.1 Å². The molecule has 1 heterocycles. The molecule has 1 heteroatoms. The number of benzene rings is 2. The number of hydrogen-bond donors (Lipinski definition) is 1. The molecule has 0 aromatic heterocycles. The summed E-state index contributed by atoms with van der Waals surface area (Å²) >= 11 is 0. The summed E-state index contributed by atoms with van der Waals surface area (Å²) in [5.74, 6) is 0. The molecule has 2 aromatic carbocycles. The second kappa shape index (κ2) is 3.60. The van der Waals surface area contributed by atoms with Gasteiger partial charge < -0.3 is 5.32 Å². The Morgan fingerprint density at radius 3 is 2.62 bits per heavy atom. The molecule has 1 fully saturated rings. The van der Waals surface area contributed by atoms with E-state index in [1.54, 1.807) is 0 Å². The summed E-state index contributed by atoms with van der Waals surface area (Å²) in [5, 5.41) is 6.15.